The molecule has 0 aromatic carbocycles. The van der Waals surface area contributed by atoms with E-state index in [0.29, 0.717) is 24.5 Å². The fraction of sp³-hybridized carbons (Fsp3) is 0.267. The van der Waals surface area contributed by atoms with Gasteiger partial charge < -0.3 is 14.6 Å². The second-order valence-electron chi connectivity index (χ2n) is 4.48. The number of methoxy groups -OCH3 is 2. The van der Waals surface area contributed by atoms with Crippen LogP contribution in [-0.2, 0) is 9.53 Å². The molecule has 7 heteroatoms. The highest BCUT2D eigenvalue weighted by atomic mass is 16.5. The number of hydrogen-bond acceptors (Lipinski definition) is 6. The molecule has 0 atom stereocenters. The van der Waals surface area contributed by atoms with Crippen molar-refractivity contribution in [3.8, 4) is 5.88 Å². The lowest BCUT2D eigenvalue weighted by atomic mass is 10.0. The van der Waals surface area contributed by atoms with Crippen LogP contribution in [0.2, 0.25) is 0 Å². The van der Waals surface area contributed by atoms with Crippen molar-refractivity contribution >= 4 is 11.9 Å². The largest absolute Gasteiger partial charge is 0.504 e. The van der Waals surface area contributed by atoms with Crippen molar-refractivity contribution in [3.05, 3.63) is 47.6 Å². The Bertz CT molecular complexity index is 650. The SMILES string of the molecule is COC1=C(O)C=C(/C=C/C(=O)Nc2nccc(OC)n2)CC1. The standard InChI is InChI=1S/C15H17N3O4/c1-21-12-5-3-10(9-11(12)19)4-6-13(20)17-15-16-8-7-14(18-15)22-2/h4,6-9,19H,3,5H2,1-2H3,(H,16,17,18,20)/b6-4+. The Morgan fingerprint density at radius 3 is 2.86 bits per heavy atom. The Labute approximate surface area is 128 Å². The summed E-state index contributed by atoms with van der Waals surface area (Å²) in [5.41, 5.74) is 0.833. The maximum atomic E-state index is 11.8. The van der Waals surface area contributed by atoms with Gasteiger partial charge in [0.05, 0.1) is 14.2 Å². The van der Waals surface area contributed by atoms with Crippen molar-refractivity contribution in [1.29, 1.82) is 0 Å². The number of nitrogens with one attached hydrogen (secondary N) is 1. The number of carbonyl (C=O) groups excluding carboxylic acids is 1. The number of amides is 1. The van der Waals surface area contributed by atoms with Crippen LogP contribution >= 0.6 is 0 Å². The Morgan fingerprint density at radius 1 is 1.36 bits per heavy atom. The van der Waals surface area contributed by atoms with E-state index in [1.54, 1.807) is 18.2 Å². The summed E-state index contributed by atoms with van der Waals surface area (Å²) in [7, 11) is 3.00. The molecule has 0 aliphatic heterocycles. The lowest BCUT2D eigenvalue weighted by Crippen LogP contribution is -2.11. The van der Waals surface area contributed by atoms with E-state index in [9.17, 15) is 9.90 Å². The Balaban J connectivity index is 1.98. The number of aromatic nitrogens is 2. The van der Waals surface area contributed by atoms with Crippen molar-refractivity contribution in [2.75, 3.05) is 19.5 Å². The van der Waals surface area contributed by atoms with Gasteiger partial charge in [0, 0.05) is 24.8 Å². The number of ether oxygens (including phenoxy) is 2. The normalized spacial score (nSPS) is 14.7. The number of allylic oxidation sites excluding steroid dienone is 4. The van der Waals surface area contributed by atoms with Crippen LogP contribution in [-0.4, -0.2) is 35.2 Å². The number of aliphatic hydroxyl groups is 1. The lowest BCUT2D eigenvalue weighted by molar-refractivity contribution is -0.112. The molecular formula is C15H17N3O4. The number of nitrogens with zero attached hydrogens (tertiary/aromatic N) is 2. The van der Waals surface area contributed by atoms with E-state index in [2.05, 4.69) is 15.3 Å². The summed E-state index contributed by atoms with van der Waals surface area (Å²) in [4.78, 5) is 19.7. The third-order valence-electron chi connectivity index (χ3n) is 3.02. The number of hydrogen-bond donors (Lipinski definition) is 2. The van der Waals surface area contributed by atoms with E-state index >= 15 is 0 Å². The van der Waals surface area contributed by atoms with Gasteiger partial charge in [-0.3, -0.25) is 10.1 Å². The van der Waals surface area contributed by atoms with Crippen LogP contribution in [0.3, 0.4) is 0 Å². The first-order chi connectivity index (χ1) is 10.6. The van der Waals surface area contributed by atoms with Gasteiger partial charge in [0.25, 0.3) is 5.91 Å². The molecule has 2 N–H and O–H groups in total. The molecule has 0 unspecified atom stereocenters. The van der Waals surface area contributed by atoms with Gasteiger partial charge in [-0.05, 0) is 18.1 Å². The van der Waals surface area contributed by atoms with Crippen LogP contribution < -0.4 is 10.1 Å². The summed E-state index contributed by atoms with van der Waals surface area (Å²) in [6.45, 7) is 0. The van der Waals surface area contributed by atoms with Crippen molar-refractivity contribution < 1.29 is 19.4 Å². The minimum absolute atomic E-state index is 0.0879. The predicted molar refractivity (Wildman–Crippen MR) is 80.3 cm³/mol. The van der Waals surface area contributed by atoms with Gasteiger partial charge in [-0.15, -0.1) is 0 Å². The fourth-order valence-corrected chi connectivity index (χ4v) is 1.90. The summed E-state index contributed by atoms with van der Waals surface area (Å²) in [6, 6.07) is 1.58. The molecule has 1 aromatic heterocycles. The van der Waals surface area contributed by atoms with E-state index in [4.69, 9.17) is 9.47 Å². The van der Waals surface area contributed by atoms with Crippen LogP contribution in [0.15, 0.2) is 47.6 Å². The molecule has 0 bridgehead atoms. The second kappa shape index (κ2) is 7.26. The van der Waals surface area contributed by atoms with Gasteiger partial charge in [-0.25, -0.2) is 4.98 Å². The van der Waals surface area contributed by atoms with Gasteiger partial charge in [0.2, 0.25) is 11.8 Å². The molecule has 1 heterocycles. The zero-order valence-corrected chi connectivity index (χ0v) is 12.4. The minimum Gasteiger partial charge on any atom is -0.504 e. The molecule has 1 aliphatic rings. The molecule has 0 radical (unpaired) electrons. The Morgan fingerprint density at radius 2 is 2.18 bits per heavy atom. The topological polar surface area (TPSA) is 93.6 Å². The van der Waals surface area contributed by atoms with Gasteiger partial charge in [-0.2, -0.15) is 4.98 Å². The summed E-state index contributed by atoms with van der Waals surface area (Å²) < 4.78 is 9.98. The van der Waals surface area contributed by atoms with E-state index in [-0.39, 0.29) is 17.6 Å². The second-order valence-corrected chi connectivity index (χ2v) is 4.48. The van der Waals surface area contributed by atoms with E-state index in [0.717, 1.165) is 5.57 Å². The third-order valence-corrected chi connectivity index (χ3v) is 3.02. The molecule has 0 saturated carbocycles. The first-order valence-electron chi connectivity index (χ1n) is 6.65. The smallest absolute Gasteiger partial charge is 0.250 e. The zero-order valence-electron chi connectivity index (χ0n) is 12.4. The monoisotopic (exact) mass is 303 g/mol. The fourth-order valence-electron chi connectivity index (χ4n) is 1.90. The van der Waals surface area contributed by atoms with Gasteiger partial charge in [0.15, 0.2) is 5.76 Å². The highest BCUT2D eigenvalue weighted by Gasteiger charge is 2.11. The molecule has 2 rings (SSSR count). The molecule has 1 aliphatic carbocycles. The zero-order chi connectivity index (χ0) is 15.9. The van der Waals surface area contributed by atoms with Crippen LogP contribution in [0.4, 0.5) is 5.95 Å². The summed E-state index contributed by atoms with van der Waals surface area (Å²) in [6.07, 6.45) is 7.35. The highest BCUT2D eigenvalue weighted by molar-refractivity contribution is 5.98. The number of carbonyl (C=O) groups is 1. The van der Waals surface area contributed by atoms with Crippen molar-refractivity contribution in [2.45, 2.75) is 12.8 Å². The average molecular weight is 303 g/mol. The van der Waals surface area contributed by atoms with Crippen molar-refractivity contribution in [1.82, 2.24) is 9.97 Å². The van der Waals surface area contributed by atoms with Gasteiger partial charge in [-0.1, -0.05) is 6.08 Å². The molecule has 0 spiro atoms. The van der Waals surface area contributed by atoms with Crippen molar-refractivity contribution in [3.63, 3.8) is 0 Å². The molecule has 22 heavy (non-hydrogen) atoms. The summed E-state index contributed by atoms with van der Waals surface area (Å²) >= 11 is 0. The summed E-state index contributed by atoms with van der Waals surface area (Å²) in [5.74, 6) is 0.800. The minimum atomic E-state index is -0.366. The lowest BCUT2D eigenvalue weighted by Gasteiger charge is -2.13. The highest BCUT2D eigenvalue weighted by Crippen LogP contribution is 2.23. The molecule has 7 nitrogen and oxygen atoms in total. The molecule has 116 valence electrons. The first-order valence-corrected chi connectivity index (χ1v) is 6.65. The molecule has 1 amide bonds. The Kier molecular flexibility index (Phi) is 5.13. The van der Waals surface area contributed by atoms with Crippen molar-refractivity contribution in [2.24, 2.45) is 0 Å². The first kappa shape index (κ1) is 15.6. The third kappa shape index (κ3) is 4.08. The van der Waals surface area contributed by atoms with Gasteiger partial charge >= 0.3 is 0 Å². The van der Waals surface area contributed by atoms with Crippen LogP contribution in [0.1, 0.15) is 12.8 Å². The maximum absolute atomic E-state index is 11.8. The van der Waals surface area contributed by atoms with Crippen LogP contribution in [0.25, 0.3) is 0 Å². The van der Waals surface area contributed by atoms with E-state index in [1.807, 2.05) is 0 Å². The molecular weight excluding hydrogens is 286 g/mol. The molecule has 0 saturated heterocycles. The number of anilines is 1. The van der Waals surface area contributed by atoms with E-state index in [1.165, 1.54) is 26.5 Å². The summed E-state index contributed by atoms with van der Waals surface area (Å²) in [5, 5.41) is 12.2. The number of rotatable bonds is 5. The molecule has 1 aromatic rings. The van der Waals surface area contributed by atoms with Crippen LogP contribution in [0.5, 0.6) is 5.88 Å². The average Bonchev–Trinajstić information content (AvgIpc) is 2.53. The van der Waals surface area contributed by atoms with E-state index < -0.39 is 0 Å². The predicted octanol–water partition coefficient (Wildman–Crippen LogP) is 2.12. The number of aliphatic hydroxyl groups excluding tert-OH is 1. The quantitative estimate of drug-likeness (QED) is 0.809. The van der Waals surface area contributed by atoms with Gasteiger partial charge in [0.1, 0.15) is 5.76 Å². The molecule has 0 fully saturated rings. The van der Waals surface area contributed by atoms with Crippen LogP contribution in [0, 0.1) is 0 Å². The maximum Gasteiger partial charge on any atom is 0.250 e. The Hall–Kier alpha value is -2.83.